The minimum atomic E-state index is -3.92. The van der Waals surface area contributed by atoms with Crippen LogP contribution in [0.2, 0.25) is 5.02 Å². The molecule has 0 aliphatic carbocycles. The van der Waals surface area contributed by atoms with Gasteiger partial charge in [0.1, 0.15) is 4.90 Å². The Labute approximate surface area is 130 Å². The number of hydrogen-bond acceptors (Lipinski definition) is 5. The lowest BCUT2D eigenvalue weighted by Crippen LogP contribution is -2.34. The van der Waals surface area contributed by atoms with Crippen LogP contribution in [-0.4, -0.2) is 35.7 Å². The molecule has 0 saturated heterocycles. The van der Waals surface area contributed by atoms with Crippen molar-refractivity contribution >= 4 is 37.3 Å². The average Bonchev–Trinajstić information content (AvgIpc) is 2.32. The van der Waals surface area contributed by atoms with Gasteiger partial charge in [0.25, 0.3) is 0 Å². The molecular weight excluding hydrogens is 338 g/mol. The Bertz CT molecular complexity index is 717. The molecule has 0 heterocycles. The molecule has 0 unspecified atom stereocenters. The smallest absolute Gasteiger partial charge is 0.242 e. The highest BCUT2D eigenvalue weighted by Gasteiger charge is 2.20. The second-order valence-electron chi connectivity index (χ2n) is 4.35. The minimum absolute atomic E-state index is 0.0312. The largest absolute Gasteiger partial charge is 0.398 e. The average molecular weight is 356 g/mol. The van der Waals surface area contributed by atoms with E-state index in [1.54, 1.807) is 13.8 Å². The summed E-state index contributed by atoms with van der Waals surface area (Å²) in [6.07, 6.45) is 0. The molecule has 0 aromatic heterocycles. The van der Waals surface area contributed by atoms with Gasteiger partial charge in [0.15, 0.2) is 0 Å². The summed E-state index contributed by atoms with van der Waals surface area (Å²) in [7, 11) is -7.42. The summed E-state index contributed by atoms with van der Waals surface area (Å²) in [5, 5.41) is 0.0312. The van der Waals surface area contributed by atoms with Crippen LogP contribution >= 0.6 is 11.6 Å². The molecule has 0 spiro atoms. The molecule has 0 fully saturated rings. The van der Waals surface area contributed by atoms with Gasteiger partial charge in [0, 0.05) is 18.8 Å². The maximum atomic E-state index is 12.1. The highest BCUT2D eigenvalue weighted by molar-refractivity contribution is 7.90. The number of aryl methyl sites for hydroxylation is 1. The summed E-state index contributed by atoms with van der Waals surface area (Å²) in [5.74, 6) is -0.362. The van der Waals surface area contributed by atoms with Crippen molar-refractivity contribution in [2.75, 3.05) is 24.6 Å². The fraction of sp³-hybridized carbons (Fsp3) is 0.455. The van der Waals surface area contributed by atoms with Crippen molar-refractivity contribution < 1.29 is 16.8 Å². The van der Waals surface area contributed by atoms with E-state index < -0.39 is 20.0 Å². The van der Waals surface area contributed by atoms with Gasteiger partial charge in [-0.3, -0.25) is 0 Å². The van der Waals surface area contributed by atoms with E-state index in [0.29, 0.717) is 11.3 Å². The number of nitrogens with two attached hydrogens (primary N) is 1. The number of benzene rings is 1. The number of rotatable bonds is 7. The SMILES string of the molecule is CCNS(=O)(=O)CCNS(=O)(=O)c1cc(N)c(C)cc1Cl. The van der Waals surface area contributed by atoms with Crippen molar-refractivity contribution in [3.8, 4) is 0 Å². The third-order valence-corrected chi connectivity index (χ3v) is 6.03. The zero-order chi connectivity index (χ0) is 16.3. The van der Waals surface area contributed by atoms with E-state index in [9.17, 15) is 16.8 Å². The minimum Gasteiger partial charge on any atom is -0.398 e. The molecule has 1 rings (SSSR count). The van der Waals surface area contributed by atoms with Gasteiger partial charge < -0.3 is 5.73 Å². The summed E-state index contributed by atoms with van der Waals surface area (Å²) in [5.41, 5.74) is 6.62. The summed E-state index contributed by atoms with van der Waals surface area (Å²) in [6, 6.07) is 2.69. The molecule has 0 radical (unpaired) electrons. The Hall–Kier alpha value is -0.870. The number of nitrogens with one attached hydrogen (secondary N) is 2. The number of sulfonamides is 2. The maximum Gasteiger partial charge on any atom is 0.242 e. The van der Waals surface area contributed by atoms with Gasteiger partial charge in [-0.15, -0.1) is 0 Å². The van der Waals surface area contributed by atoms with Crippen LogP contribution in [0.3, 0.4) is 0 Å². The van der Waals surface area contributed by atoms with E-state index in [4.69, 9.17) is 17.3 Å². The number of halogens is 1. The van der Waals surface area contributed by atoms with E-state index in [-0.39, 0.29) is 28.8 Å². The summed E-state index contributed by atoms with van der Waals surface area (Å²) in [6.45, 7) is 3.32. The zero-order valence-corrected chi connectivity index (χ0v) is 14.1. The Morgan fingerprint density at radius 2 is 1.81 bits per heavy atom. The topological polar surface area (TPSA) is 118 Å². The van der Waals surface area contributed by atoms with Gasteiger partial charge in [-0.2, -0.15) is 0 Å². The Balaban J connectivity index is 2.86. The molecule has 0 atom stereocenters. The first-order chi connectivity index (χ1) is 9.59. The van der Waals surface area contributed by atoms with Gasteiger partial charge in [0.05, 0.1) is 10.8 Å². The molecule has 1 aromatic rings. The summed E-state index contributed by atoms with van der Waals surface area (Å²) < 4.78 is 51.5. The molecule has 0 bridgehead atoms. The monoisotopic (exact) mass is 355 g/mol. The van der Waals surface area contributed by atoms with Crippen LogP contribution in [-0.2, 0) is 20.0 Å². The fourth-order valence-electron chi connectivity index (χ4n) is 1.55. The first-order valence-corrected chi connectivity index (χ1v) is 9.63. The highest BCUT2D eigenvalue weighted by atomic mass is 35.5. The van der Waals surface area contributed by atoms with Crippen molar-refractivity contribution in [3.63, 3.8) is 0 Å². The predicted octanol–water partition coefficient (Wildman–Crippen LogP) is 0.448. The number of hydrogen-bond donors (Lipinski definition) is 3. The van der Waals surface area contributed by atoms with Crippen LogP contribution in [0.15, 0.2) is 17.0 Å². The fourth-order valence-corrected chi connectivity index (χ4v) is 4.29. The molecule has 1 aromatic carbocycles. The normalized spacial score (nSPS) is 12.5. The lowest BCUT2D eigenvalue weighted by Gasteiger charge is -2.11. The molecule has 0 aliphatic rings. The molecule has 10 heteroatoms. The first-order valence-electron chi connectivity index (χ1n) is 6.11. The first kappa shape index (κ1) is 18.2. The van der Waals surface area contributed by atoms with E-state index in [0.717, 1.165) is 0 Å². The second-order valence-corrected chi connectivity index (χ2v) is 8.42. The second kappa shape index (κ2) is 6.93. The van der Waals surface area contributed by atoms with Gasteiger partial charge >= 0.3 is 0 Å². The van der Waals surface area contributed by atoms with Gasteiger partial charge in [-0.05, 0) is 24.6 Å². The molecule has 120 valence electrons. The zero-order valence-electron chi connectivity index (χ0n) is 11.7. The molecule has 0 saturated carbocycles. The standard InChI is InChI=1S/C11H18ClN3O4S2/c1-3-14-20(16,17)5-4-15-21(18,19)11-7-10(13)8(2)6-9(11)12/h6-7,14-15H,3-5,13H2,1-2H3. The Morgan fingerprint density at radius 3 is 2.38 bits per heavy atom. The van der Waals surface area contributed by atoms with Crippen molar-refractivity contribution in [3.05, 3.63) is 22.7 Å². The lowest BCUT2D eigenvalue weighted by molar-refractivity contribution is 0.576. The Kier molecular flexibility index (Phi) is 6.00. The molecule has 0 aliphatic heterocycles. The molecule has 7 nitrogen and oxygen atoms in total. The van der Waals surface area contributed by atoms with E-state index >= 15 is 0 Å². The van der Waals surface area contributed by atoms with Gasteiger partial charge in [-0.1, -0.05) is 18.5 Å². The van der Waals surface area contributed by atoms with Crippen LogP contribution in [0.5, 0.6) is 0 Å². The predicted molar refractivity (Wildman–Crippen MR) is 83.3 cm³/mol. The molecule has 0 amide bonds. The maximum absolute atomic E-state index is 12.1. The van der Waals surface area contributed by atoms with E-state index in [1.165, 1.54) is 12.1 Å². The van der Waals surface area contributed by atoms with Crippen LogP contribution < -0.4 is 15.2 Å². The van der Waals surface area contributed by atoms with Crippen molar-refractivity contribution in [1.29, 1.82) is 0 Å². The summed E-state index contributed by atoms with van der Waals surface area (Å²) >= 11 is 5.90. The number of anilines is 1. The highest BCUT2D eigenvalue weighted by Crippen LogP contribution is 2.26. The van der Waals surface area contributed by atoms with Crippen LogP contribution in [0.25, 0.3) is 0 Å². The van der Waals surface area contributed by atoms with E-state index in [2.05, 4.69) is 9.44 Å². The third kappa shape index (κ3) is 5.11. The van der Waals surface area contributed by atoms with Crippen molar-refractivity contribution in [2.24, 2.45) is 0 Å². The van der Waals surface area contributed by atoms with Crippen molar-refractivity contribution in [1.82, 2.24) is 9.44 Å². The molecular formula is C11H18ClN3O4S2. The quantitative estimate of drug-likeness (QED) is 0.613. The number of nitrogen functional groups attached to an aromatic ring is 1. The lowest BCUT2D eigenvalue weighted by atomic mass is 10.2. The third-order valence-electron chi connectivity index (χ3n) is 2.64. The van der Waals surface area contributed by atoms with Crippen LogP contribution in [0.1, 0.15) is 12.5 Å². The van der Waals surface area contributed by atoms with E-state index in [1.807, 2.05) is 0 Å². The molecule has 21 heavy (non-hydrogen) atoms. The van der Waals surface area contributed by atoms with Gasteiger partial charge in [0.2, 0.25) is 20.0 Å². The Morgan fingerprint density at radius 1 is 1.19 bits per heavy atom. The summed E-state index contributed by atoms with van der Waals surface area (Å²) in [4.78, 5) is -0.173. The van der Waals surface area contributed by atoms with Crippen LogP contribution in [0, 0.1) is 6.92 Å². The van der Waals surface area contributed by atoms with Crippen LogP contribution in [0.4, 0.5) is 5.69 Å². The van der Waals surface area contributed by atoms with Gasteiger partial charge in [-0.25, -0.2) is 26.3 Å². The molecule has 4 N–H and O–H groups in total. The van der Waals surface area contributed by atoms with Crippen molar-refractivity contribution in [2.45, 2.75) is 18.7 Å².